The molecule has 15 heavy (non-hydrogen) atoms. The van der Waals surface area contributed by atoms with E-state index in [0.717, 1.165) is 0 Å². The largest absolute Gasteiger partial charge is 0.477 e. The molecule has 0 saturated heterocycles. The number of ether oxygens (including phenoxy) is 2. The second kappa shape index (κ2) is 5.64. The van der Waals surface area contributed by atoms with Gasteiger partial charge in [-0.05, 0) is 13.8 Å². The van der Waals surface area contributed by atoms with Crippen LogP contribution in [0.25, 0.3) is 0 Å². The van der Waals surface area contributed by atoms with E-state index in [-0.39, 0.29) is 26.8 Å². The van der Waals surface area contributed by atoms with Gasteiger partial charge in [0.25, 0.3) is 0 Å². The smallest absolute Gasteiger partial charge is 0.237 e. The lowest BCUT2D eigenvalue weighted by Crippen LogP contribution is -2.01. The van der Waals surface area contributed by atoms with Gasteiger partial charge in [-0.15, -0.1) is 0 Å². The lowest BCUT2D eigenvalue weighted by atomic mass is 10.4. The van der Waals surface area contributed by atoms with Crippen molar-refractivity contribution in [2.24, 2.45) is 0 Å². The third kappa shape index (κ3) is 2.80. The summed E-state index contributed by atoms with van der Waals surface area (Å²) in [7, 11) is 0. The predicted octanol–water partition coefficient (Wildman–Crippen LogP) is 3.84. The highest BCUT2D eigenvalue weighted by Crippen LogP contribution is 2.40. The van der Waals surface area contributed by atoms with Crippen LogP contribution in [-0.2, 0) is 0 Å². The van der Waals surface area contributed by atoms with Gasteiger partial charge < -0.3 is 9.47 Å². The van der Waals surface area contributed by atoms with Gasteiger partial charge in [-0.25, -0.2) is 0 Å². The molecule has 0 fully saturated rings. The van der Waals surface area contributed by atoms with E-state index < -0.39 is 0 Å². The van der Waals surface area contributed by atoms with Crippen LogP contribution >= 0.6 is 34.8 Å². The van der Waals surface area contributed by atoms with Gasteiger partial charge in [-0.3, -0.25) is 0 Å². The minimum absolute atomic E-state index is 0.195. The average molecular weight is 271 g/mol. The number of nitrogens with zero attached hydrogens (tertiary/aromatic N) is 1. The molecular formula is C9H10Cl3NO2. The molecule has 0 unspecified atom stereocenters. The van der Waals surface area contributed by atoms with Crippen molar-refractivity contribution in [1.82, 2.24) is 4.98 Å². The Morgan fingerprint density at radius 3 is 1.60 bits per heavy atom. The van der Waals surface area contributed by atoms with E-state index in [1.807, 2.05) is 13.8 Å². The second-order valence-corrected chi connectivity index (χ2v) is 3.66. The van der Waals surface area contributed by atoms with Gasteiger partial charge in [0, 0.05) is 0 Å². The fourth-order valence-corrected chi connectivity index (χ4v) is 1.53. The zero-order valence-electron chi connectivity index (χ0n) is 8.31. The summed E-state index contributed by atoms with van der Waals surface area (Å²) < 4.78 is 10.4. The van der Waals surface area contributed by atoms with Crippen LogP contribution in [0.2, 0.25) is 15.1 Å². The monoisotopic (exact) mass is 269 g/mol. The van der Waals surface area contributed by atoms with Gasteiger partial charge in [-0.2, -0.15) is 4.98 Å². The minimum atomic E-state index is 0.195. The summed E-state index contributed by atoms with van der Waals surface area (Å²) in [4.78, 5) is 4.02. The summed E-state index contributed by atoms with van der Waals surface area (Å²) in [5.74, 6) is 0.467. The Hall–Kier alpha value is -0.380. The molecule has 1 aromatic rings. The van der Waals surface area contributed by atoms with Crippen LogP contribution < -0.4 is 9.47 Å². The van der Waals surface area contributed by atoms with Crippen LogP contribution in [0.3, 0.4) is 0 Å². The second-order valence-electron chi connectivity index (χ2n) is 2.53. The van der Waals surface area contributed by atoms with Gasteiger partial charge in [0.2, 0.25) is 11.8 Å². The van der Waals surface area contributed by atoms with Crippen LogP contribution in [0.4, 0.5) is 0 Å². The average Bonchev–Trinajstić information content (AvgIpc) is 2.22. The molecule has 0 radical (unpaired) electrons. The Morgan fingerprint density at radius 1 is 0.867 bits per heavy atom. The summed E-state index contributed by atoms with van der Waals surface area (Å²) in [6.45, 7) is 4.52. The van der Waals surface area contributed by atoms with Gasteiger partial charge in [0.15, 0.2) is 0 Å². The van der Waals surface area contributed by atoms with Crippen LogP contribution in [0.15, 0.2) is 0 Å². The zero-order chi connectivity index (χ0) is 11.4. The predicted molar refractivity (Wildman–Crippen MR) is 61.6 cm³/mol. The normalized spacial score (nSPS) is 10.2. The summed E-state index contributed by atoms with van der Waals surface area (Å²) in [6, 6.07) is 0. The molecule has 0 aromatic carbocycles. The van der Waals surface area contributed by atoms with Crippen molar-refractivity contribution >= 4 is 34.8 Å². The van der Waals surface area contributed by atoms with Crippen molar-refractivity contribution in [2.45, 2.75) is 13.8 Å². The molecule has 0 aliphatic heterocycles. The summed E-state index contributed by atoms with van der Waals surface area (Å²) in [6.07, 6.45) is 0. The molecule has 0 spiro atoms. The highest BCUT2D eigenvalue weighted by Gasteiger charge is 2.17. The van der Waals surface area contributed by atoms with Crippen molar-refractivity contribution in [2.75, 3.05) is 13.2 Å². The van der Waals surface area contributed by atoms with Gasteiger partial charge in [0.05, 0.1) is 18.2 Å². The Bertz CT molecular complexity index is 327. The summed E-state index contributed by atoms with van der Waals surface area (Å²) in [5.41, 5.74) is 0. The first kappa shape index (κ1) is 12.7. The van der Waals surface area contributed by atoms with Crippen molar-refractivity contribution in [3.05, 3.63) is 15.1 Å². The molecular weight excluding hydrogens is 260 g/mol. The Labute approximate surface area is 103 Å². The number of halogens is 3. The molecule has 0 aliphatic rings. The van der Waals surface area contributed by atoms with Crippen molar-refractivity contribution < 1.29 is 9.47 Å². The molecule has 0 amide bonds. The molecule has 0 N–H and O–H groups in total. The lowest BCUT2D eigenvalue weighted by molar-refractivity contribution is 0.299. The topological polar surface area (TPSA) is 31.4 Å². The Morgan fingerprint density at radius 2 is 1.27 bits per heavy atom. The number of pyridine rings is 1. The maximum atomic E-state index is 5.90. The molecule has 0 saturated carbocycles. The number of hydrogen-bond donors (Lipinski definition) is 0. The quantitative estimate of drug-likeness (QED) is 0.833. The molecule has 0 bridgehead atoms. The third-order valence-electron chi connectivity index (χ3n) is 1.53. The Balaban J connectivity index is 3.19. The van der Waals surface area contributed by atoms with E-state index in [1.165, 1.54) is 0 Å². The molecule has 0 atom stereocenters. The molecule has 1 heterocycles. The summed E-state index contributed by atoms with van der Waals surface area (Å²) >= 11 is 17.7. The van der Waals surface area contributed by atoms with E-state index in [4.69, 9.17) is 44.3 Å². The minimum Gasteiger partial charge on any atom is -0.477 e. The van der Waals surface area contributed by atoms with E-state index >= 15 is 0 Å². The molecule has 0 aliphatic carbocycles. The van der Waals surface area contributed by atoms with Crippen LogP contribution in [-0.4, -0.2) is 18.2 Å². The molecule has 1 rings (SSSR count). The SMILES string of the molecule is CCOc1nc(OCC)c(Cl)c(Cl)c1Cl. The van der Waals surface area contributed by atoms with Crippen molar-refractivity contribution in [3.8, 4) is 11.8 Å². The van der Waals surface area contributed by atoms with E-state index in [9.17, 15) is 0 Å². The Kier molecular flexibility index (Phi) is 4.77. The van der Waals surface area contributed by atoms with Gasteiger partial charge >= 0.3 is 0 Å². The van der Waals surface area contributed by atoms with Crippen LogP contribution in [0, 0.1) is 0 Å². The van der Waals surface area contributed by atoms with Gasteiger partial charge in [0.1, 0.15) is 10.0 Å². The first-order valence-corrected chi connectivity index (χ1v) is 5.55. The lowest BCUT2D eigenvalue weighted by Gasteiger charge is -2.11. The van der Waals surface area contributed by atoms with Crippen LogP contribution in [0.5, 0.6) is 11.8 Å². The first-order valence-electron chi connectivity index (χ1n) is 4.41. The third-order valence-corrected chi connectivity index (χ3v) is 2.80. The zero-order valence-corrected chi connectivity index (χ0v) is 10.6. The van der Waals surface area contributed by atoms with E-state index in [2.05, 4.69) is 4.98 Å². The molecule has 3 nitrogen and oxygen atoms in total. The number of hydrogen-bond acceptors (Lipinski definition) is 3. The standard InChI is InChI=1S/C9H10Cl3NO2/c1-3-14-8-6(11)5(10)7(12)9(13-8)15-4-2/h3-4H2,1-2H3. The molecule has 1 aromatic heterocycles. The van der Waals surface area contributed by atoms with Gasteiger partial charge in [-0.1, -0.05) is 34.8 Å². The summed E-state index contributed by atoms with van der Waals surface area (Å²) in [5, 5.41) is 0.596. The maximum Gasteiger partial charge on any atom is 0.237 e. The highest BCUT2D eigenvalue weighted by atomic mass is 35.5. The fourth-order valence-electron chi connectivity index (χ4n) is 0.939. The molecule has 84 valence electrons. The van der Waals surface area contributed by atoms with Crippen molar-refractivity contribution in [3.63, 3.8) is 0 Å². The van der Waals surface area contributed by atoms with E-state index in [0.29, 0.717) is 13.2 Å². The van der Waals surface area contributed by atoms with Crippen molar-refractivity contribution in [1.29, 1.82) is 0 Å². The van der Waals surface area contributed by atoms with Crippen LogP contribution in [0.1, 0.15) is 13.8 Å². The highest BCUT2D eigenvalue weighted by molar-refractivity contribution is 6.49. The van der Waals surface area contributed by atoms with E-state index in [1.54, 1.807) is 0 Å². The molecule has 6 heteroatoms. The fraction of sp³-hybridized carbons (Fsp3) is 0.444. The number of rotatable bonds is 4. The maximum absolute atomic E-state index is 5.90. The first-order chi connectivity index (χ1) is 7.11. The number of aromatic nitrogens is 1.